The fourth-order valence-corrected chi connectivity index (χ4v) is 2.69. The Hall–Kier alpha value is -0.870. The number of aromatic nitrogens is 2. The monoisotopic (exact) mass is 250 g/mol. The van der Waals surface area contributed by atoms with E-state index in [1.165, 1.54) is 43.7 Å². The summed E-state index contributed by atoms with van der Waals surface area (Å²) >= 11 is 0. The molecule has 0 bridgehead atoms. The van der Waals surface area contributed by atoms with Gasteiger partial charge in [-0.1, -0.05) is 6.92 Å². The van der Waals surface area contributed by atoms with Crippen molar-refractivity contribution in [2.24, 2.45) is 13.0 Å². The predicted octanol–water partition coefficient (Wildman–Crippen LogP) is 1.55. The van der Waals surface area contributed by atoms with Crippen LogP contribution >= 0.6 is 0 Å². The fourth-order valence-electron chi connectivity index (χ4n) is 2.69. The molecule has 2 heterocycles. The van der Waals surface area contributed by atoms with E-state index in [2.05, 4.69) is 29.2 Å². The minimum Gasteiger partial charge on any atom is -0.316 e. The lowest BCUT2D eigenvalue weighted by molar-refractivity contribution is 0.209. The molecule has 0 saturated carbocycles. The van der Waals surface area contributed by atoms with Gasteiger partial charge in [0, 0.05) is 31.4 Å². The lowest BCUT2D eigenvalue weighted by Crippen LogP contribution is -2.38. The van der Waals surface area contributed by atoms with Gasteiger partial charge in [0.25, 0.3) is 0 Å². The van der Waals surface area contributed by atoms with Crippen molar-refractivity contribution in [1.29, 1.82) is 0 Å². The van der Waals surface area contributed by atoms with E-state index in [1.807, 2.05) is 17.9 Å². The molecule has 1 fully saturated rings. The Morgan fingerprint density at radius 2 is 2.39 bits per heavy atom. The summed E-state index contributed by atoms with van der Waals surface area (Å²) in [6.45, 7) is 10.1. The highest BCUT2D eigenvalue weighted by Crippen LogP contribution is 2.15. The molecule has 1 aliphatic rings. The predicted molar refractivity (Wildman–Crippen MR) is 74.5 cm³/mol. The second-order valence-corrected chi connectivity index (χ2v) is 5.42. The molecule has 102 valence electrons. The van der Waals surface area contributed by atoms with Crippen LogP contribution in [0.5, 0.6) is 0 Å². The second-order valence-electron chi connectivity index (χ2n) is 5.42. The van der Waals surface area contributed by atoms with E-state index in [1.54, 1.807) is 0 Å². The molecule has 1 atom stereocenters. The molecule has 1 aromatic rings. The van der Waals surface area contributed by atoms with Crippen molar-refractivity contribution in [3.63, 3.8) is 0 Å². The normalized spacial score (nSPS) is 20.6. The van der Waals surface area contributed by atoms with Gasteiger partial charge in [-0.15, -0.1) is 0 Å². The van der Waals surface area contributed by atoms with E-state index in [4.69, 9.17) is 0 Å². The topological polar surface area (TPSA) is 33.1 Å². The van der Waals surface area contributed by atoms with Gasteiger partial charge in [0.1, 0.15) is 0 Å². The Morgan fingerprint density at radius 1 is 1.56 bits per heavy atom. The lowest BCUT2D eigenvalue weighted by atomic mass is 9.99. The third-order valence-electron chi connectivity index (χ3n) is 4.09. The number of piperidine rings is 1. The molecule has 4 heteroatoms. The summed E-state index contributed by atoms with van der Waals surface area (Å²) in [6, 6.07) is 0. The Morgan fingerprint density at radius 3 is 2.94 bits per heavy atom. The van der Waals surface area contributed by atoms with E-state index < -0.39 is 0 Å². The molecule has 0 aliphatic carbocycles. The molecule has 4 nitrogen and oxygen atoms in total. The minimum atomic E-state index is 0.815. The van der Waals surface area contributed by atoms with Crippen LogP contribution in [0.2, 0.25) is 0 Å². The van der Waals surface area contributed by atoms with Crippen molar-refractivity contribution in [1.82, 2.24) is 20.0 Å². The zero-order valence-electron chi connectivity index (χ0n) is 11.9. The number of rotatable bonds is 5. The summed E-state index contributed by atoms with van der Waals surface area (Å²) in [4.78, 5) is 2.54. The zero-order chi connectivity index (χ0) is 13.0. The summed E-state index contributed by atoms with van der Waals surface area (Å²) in [5, 5.41) is 7.83. The first-order valence-electron chi connectivity index (χ1n) is 7.11. The first kappa shape index (κ1) is 13.6. The number of hydrogen-bond donors (Lipinski definition) is 1. The molecular formula is C14H26N4. The third kappa shape index (κ3) is 3.33. The standard InChI is InChI=1S/C14H26N4/c1-4-18(10-13-6-5-7-15-8-13)11-14-9-16-17(3)12(14)2/h9,13,15H,4-8,10-11H2,1-3H3. The van der Waals surface area contributed by atoms with Crippen molar-refractivity contribution in [2.45, 2.75) is 33.2 Å². The number of nitrogens with zero attached hydrogens (tertiary/aromatic N) is 3. The molecule has 1 aromatic heterocycles. The minimum absolute atomic E-state index is 0.815. The van der Waals surface area contributed by atoms with Gasteiger partial charge in [-0.25, -0.2) is 0 Å². The average molecular weight is 250 g/mol. The molecule has 0 spiro atoms. The summed E-state index contributed by atoms with van der Waals surface area (Å²) < 4.78 is 1.96. The van der Waals surface area contributed by atoms with Gasteiger partial charge in [-0.2, -0.15) is 5.10 Å². The molecule has 1 N–H and O–H groups in total. The van der Waals surface area contributed by atoms with E-state index in [9.17, 15) is 0 Å². The van der Waals surface area contributed by atoms with Crippen LogP contribution in [0.3, 0.4) is 0 Å². The van der Waals surface area contributed by atoms with Crippen LogP contribution < -0.4 is 5.32 Å². The summed E-state index contributed by atoms with van der Waals surface area (Å²) in [7, 11) is 2.01. The van der Waals surface area contributed by atoms with E-state index in [0.29, 0.717) is 0 Å². The van der Waals surface area contributed by atoms with Crippen LogP contribution in [0.4, 0.5) is 0 Å². The van der Waals surface area contributed by atoms with Crippen LogP contribution in [0.15, 0.2) is 6.20 Å². The molecule has 1 unspecified atom stereocenters. The van der Waals surface area contributed by atoms with E-state index in [0.717, 1.165) is 19.0 Å². The molecule has 2 rings (SSSR count). The van der Waals surface area contributed by atoms with Crippen LogP contribution in [0, 0.1) is 12.8 Å². The van der Waals surface area contributed by atoms with E-state index >= 15 is 0 Å². The van der Waals surface area contributed by atoms with Crippen molar-refractivity contribution in [3.8, 4) is 0 Å². The van der Waals surface area contributed by atoms with E-state index in [-0.39, 0.29) is 0 Å². The third-order valence-corrected chi connectivity index (χ3v) is 4.09. The van der Waals surface area contributed by atoms with Gasteiger partial charge in [-0.3, -0.25) is 9.58 Å². The van der Waals surface area contributed by atoms with Crippen LogP contribution in [0.1, 0.15) is 31.0 Å². The van der Waals surface area contributed by atoms with Gasteiger partial charge in [0.15, 0.2) is 0 Å². The molecular weight excluding hydrogens is 224 g/mol. The van der Waals surface area contributed by atoms with Gasteiger partial charge in [0.2, 0.25) is 0 Å². The maximum atomic E-state index is 4.33. The zero-order valence-corrected chi connectivity index (χ0v) is 11.9. The number of hydrogen-bond acceptors (Lipinski definition) is 3. The van der Waals surface area contributed by atoms with Crippen molar-refractivity contribution in [3.05, 3.63) is 17.5 Å². The van der Waals surface area contributed by atoms with Gasteiger partial charge < -0.3 is 5.32 Å². The first-order chi connectivity index (χ1) is 8.70. The van der Waals surface area contributed by atoms with Gasteiger partial charge in [0.05, 0.1) is 6.20 Å². The van der Waals surface area contributed by atoms with Crippen molar-refractivity contribution < 1.29 is 0 Å². The Kier molecular flexibility index (Phi) is 4.78. The lowest BCUT2D eigenvalue weighted by Gasteiger charge is -2.29. The number of nitrogens with one attached hydrogen (secondary N) is 1. The molecule has 0 amide bonds. The molecule has 1 aliphatic heterocycles. The average Bonchev–Trinajstić information content (AvgIpc) is 2.71. The SMILES string of the molecule is CCN(Cc1cnn(C)c1C)CC1CCCNC1. The largest absolute Gasteiger partial charge is 0.316 e. The summed E-state index contributed by atoms with van der Waals surface area (Å²) in [5.74, 6) is 0.815. The molecule has 0 radical (unpaired) electrons. The Balaban J connectivity index is 1.90. The maximum absolute atomic E-state index is 4.33. The van der Waals surface area contributed by atoms with Crippen LogP contribution in [0.25, 0.3) is 0 Å². The van der Waals surface area contributed by atoms with Gasteiger partial charge in [-0.05, 0) is 45.3 Å². The fraction of sp³-hybridized carbons (Fsp3) is 0.786. The molecule has 1 saturated heterocycles. The van der Waals surface area contributed by atoms with Crippen LogP contribution in [-0.2, 0) is 13.6 Å². The smallest absolute Gasteiger partial charge is 0.0537 e. The van der Waals surface area contributed by atoms with Crippen molar-refractivity contribution in [2.75, 3.05) is 26.2 Å². The molecule has 0 aromatic carbocycles. The van der Waals surface area contributed by atoms with Crippen LogP contribution in [-0.4, -0.2) is 40.9 Å². The highest BCUT2D eigenvalue weighted by atomic mass is 15.3. The quantitative estimate of drug-likeness (QED) is 0.861. The molecule has 18 heavy (non-hydrogen) atoms. The number of aryl methyl sites for hydroxylation is 1. The summed E-state index contributed by atoms with van der Waals surface area (Å²) in [5.41, 5.74) is 2.65. The first-order valence-corrected chi connectivity index (χ1v) is 7.11. The van der Waals surface area contributed by atoms with Gasteiger partial charge >= 0.3 is 0 Å². The maximum Gasteiger partial charge on any atom is 0.0537 e. The highest BCUT2D eigenvalue weighted by Gasteiger charge is 2.17. The Bertz CT molecular complexity index is 366. The Labute approximate surface area is 110 Å². The second kappa shape index (κ2) is 6.34. The highest BCUT2D eigenvalue weighted by molar-refractivity contribution is 5.15. The van der Waals surface area contributed by atoms with Crippen molar-refractivity contribution >= 4 is 0 Å². The summed E-state index contributed by atoms with van der Waals surface area (Å²) in [6.07, 6.45) is 4.71.